The number of nitrogens with zero attached hydrogens (tertiary/aromatic N) is 2. The predicted octanol–water partition coefficient (Wildman–Crippen LogP) is 3.20. The van der Waals surface area contributed by atoms with Gasteiger partial charge in [-0.3, -0.25) is 5.43 Å². The van der Waals surface area contributed by atoms with E-state index in [9.17, 15) is 4.91 Å². The lowest BCUT2D eigenvalue weighted by Crippen LogP contribution is -2.22. The fourth-order valence-corrected chi connectivity index (χ4v) is 1.34. The van der Waals surface area contributed by atoms with Crippen LogP contribution in [0.2, 0.25) is 0 Å². The van der Waals surface area contributed by atoms with Gasteiger partial charge in [0.15, 0.2) is 0 Å². The van der Waals surface area contributed by atoms with Crippen molar-refractivity contribution in [3.63, 3.8) is 0 Å². The average Bonchev–Trinajstić information content (AvgIpc) is 2.38. The Morgan fingerprint density at radius 2 is 1.44 bits per heavy atom. The Kier molecular flexibility index (Phi) is 3.13. The highest BCUT2D eigenvalue weighted by molar-refractivity contribution is 5.53. The highest BCUT2D eigenvalue weighted by Crippen LogP contribution is 2.15. The van der Waals surface area contributed by atoms with Crippen molar-refractivity contribution in [1.82, 2.24) is 0 Å². The maximum atomic E-state index is 10.7. The molecule has 0 saturated carbocycles. The van der Waals surface area contributed by atoms with E-state index in [2.05, 4.69) is 10.7 Å². The van der Waals surface area contributed by atoms with Crippen LogP contribution in [-0.4, -0.2) is 0 Å². The first-order valence-corrected chi connectivity index (χ1v) is 4.90. The highest BCUT2D eigenvalue weighted by Gasteiger charge is 2.04. The van der Waals surface area contributed by atoms with Crippen molar-refractivity contribution in [3.8, 4) is 0 Å². The number of rotatable bonds is 4. The summed E-state index contributed by atoms with van der Waals surface area (Å²) in [5.41, 5.74) is 4.41. The first kappa shape index (κ1) is 10.2. The Hall–Kier alpha value is -2.36. The number of nitroso groups, excluding NO2 is 1. The van der Waals surface area contributed by atoms with E-state index < -0.39 is 0 Å². The van der Waals surface area contributed by atoms with E-state index in [0.29, 0.717) is 5.69 Å². The van der Waals surface area contributed by atoms with Gasteiger partial charge in [0, 0.05) is 0 Å². The van der Waals surface area contributed by atoms with Crippen molar-refractivity contribution < 1.29 is 0 Å². The lowest BCUT2D eigenvalue weighted by Gasteiger charge is -2.16. The van der Waals surface area contributed by atoms with Crippen molar-refractivity contribution in [2.24, 2.45) is 5.29 Å². The van der Waals surface area contributed by atoms with Crippen LogP contribution in [-0.2, 0) is 0 Å². The molecular weight excluding hydrogens is 202 g/mol. The summed E-state index contributed by atoms with van der Waals surface area (Å²) in [5, 5.41) is 4.12. The number of para-hydroxylation sites is 2. The maximum absolute atomic E-state index is 10.7. The molecule has 0 spiro atoms. The minimum Gasteiger partial charge on any atom is -0.275 e. The molecule has 2 rings (SSSR count). The molecule has 16 heavy (non-hydrogen) atoms. The molecule has 0 bridgehead atoms. The Bertz CT molecular complexity index is 444. The molecule has 0 radical (unpaired) electrons. The van der Waals surface area contributed by atoms with Crippen LogP contribution in [0.15, 0.2) is 65.9 Å². The zero-order chi connectivity index (χ0) is 11.2. The molecule has 0 unspecified atom stereocenters. The summed E-state index contributed by atoms with van der Waals surface area (Å²) in [4.78, 5) is 10.7. The predicted molar refractivity (Wildman–Crippen MR) is 64.8 cm³/mol. The van der Waals surface area contributed by atoms with Crippen LogP contribution in [0.3, 0.4) is 0 Å². The van der Waals surface area contributed by atoms with Gasteiger partial charge in [0.2, 0.25) is 0 Å². The van der Waals surface area contributed by atoms with Crippen molar-refractivity contribution in [2.45, 2.75) is 0 Å². The Morgan fingerprint density at radius 3 is 2.00 bits per heavy atom. The number of nitrogens with one attached hydrogen (secondary N) is 1. The van der Waals surface area contributed by atoms with Crippen molar-refractivity contribution in [3.05, 3.63) is 65.6 Å². The molecule has 0 aliphatic carbocycles. The minimum absolute atomic E-state index is 0.696. The van der Waals surface area contributed by atoms with Crippen LogP contribution < -0.4 is 10.5 Å². The van der Waals surface area contributed by atoms with E-state index in [1.807, 2.05) is 48.5 Å². The first-order valence-electron chi connectivity index (χ1n) is 4.90. The summed E-state index contributed by atoms with van der Waals surface area (Å²) in [6.45, 7) is 0. The van der Waals surface area contributed by atoms with Crippen LogP contribution >= 0.6 is 0 Å². The van der Waals surface area contributed by atoms with E-state index >= 15 is 0 Å². The summed E-state index contributed by atoms with van der Waals surface area (Å²) >= 11 is 0. The minimum atomic E-state index is 0.696. The quantitative estimate of drug-likeness (QED) is 0.626. The summed E-state index contributed by atoms with van der Waals surface area (Å²) in [6.07, 6.45) is 0. The Morgan fingerprint density at radius 1 is 0.875 bits per heavy atom. The van der Waals surface area contributed by atoms with Gasteiger partial charge in [-0.2, -0.15) is 0 Å². The van der Waals surface area contributed by atoms with Crippen LogP contribution in [0.4, 0.5) is 11.4 Å². The molecule has 0 atom stereocenters. The Labute approximate surface area is 93.4 Å². The number of hydrazine groups is 1. The SMILES string of the molecule is O=NN(Nc1ccccc1)c1ccccc1. The van der Waals surface area contributed by atoms with Crippen molar-refractivity contribution in [2.75, 3.05) is 10.5 Å². The molecular formula is C12H11N3O. The molecule has 0 aromatic heterocycles. The van der Waals surface area contributed by atoms with Crippen LogP contribution in [0.25, 0.3) is 0 Å². The first-order chi connectivity index (χ1) is 7.90. The zero-order valence-corrected chi connectivity index (χ0v) is 8.58. The van der Waals surface area contributed by atoms with Crippen molar-refractivity contribution >= 4 is 11.4 Å². The highest BCUT2D eigenvalue weighted by atomic mass is 16.3. The van der Waals surface area contributed by atoms with E-state index in [-0.39, 0.29) is 0 Å². The van der Waals surface area contributed by atoms with E-state index in [1.165, 1.54) is 5.12 Å². The van der Waals surface area contributed by atoms with Gasteiger partial charge in [0.1, 0.15) is 0 Å². The maximum Gasteiger partial charge on any atom is 0.0867 e. The fourth-order valence-electron chi connectivity index (χ4n) is 1.34. The van der Waals surface area contributed by atoms with Gasteiger partial charge >= 0.3 is 0 Å². The lowest BCUT2D eigenvalue weighted by atomic mass is 10.3. The summed E-state index contributed by atoms with van der Waals surface area (Å²) in [5.74, 6) is 0. The van der Waals surface area contributed by atoms with Gasteiger partial charge in [0.05, 0.1) is 16.7 Å². The molecule has 4 heteroatoms. The number of benzene rings is 2. The largest absolute Gasteiger partial charge is 0.275 e. The van der Waals surface area contributed by atoms with E-state index in [4.69, 9.17) is 0 Å². The molecule has 0 aliphatic heterocycles. The molecule has 80 valence electrons. The normalized spacial score (nSPS) is 9.50. The third-order valence-electron chi connectivity index (χ3n) is 2.09. The van der Waals surface area contributed by atoms with Crippen LogP contribution in [0.5, 0.6) is 0 Å². The molecule has 4 nitrogen and oxygen atoms in total. The van der Waals surface area contributed by atoms with Gasteiger partial charge in [-0.05, 0) is 24.3 Å². The van der Waals surface area contributed by atoms with Gasteiger partial charge in [-0.15, -0.1) is 10.0 Å². The molecule has 2 aromatic rings. The molecule has 0 amide bonds. The summed E-state index contributed by atoms with van der Waals surface area (Å²) < 4.78 is 0. The van der Waals surface area contributed by atoms with Gasteiger partial charge in [-0.1, -0.05) is 36.4 Å². The van der Waals surface area contributed by atoms with Gasteiger partial charge < -0.3 is 0 Å². The second kappa shape index (κ2) is 4.93. The van der Waals surface area contributed by atoms with E-state index in [1.54, 1.807) is 12.1 Å². The second-order valence-corrected chi connectivity index (χ2v) is 3.21. The van der Waals surface area contributed by atoms with Crippen LogP contribution in [0, 0.1) is 4.91 Å². The molecule has 2 aromatic carbocycles. The van der Waals surface area contributed by atoms with Crippen LogP contribution in [0.1, 0.15) is 0 Å². The number of anilines is 2. The number of hydrogen-bond donors (Lipinski definition) is 1. The molecule has 0 fully saturated rings. The van der Waals surface area contributed by atoms with Gasteiger partial charge in [0.25, 0.3) is 0 Å². The van der Waals surface area contributed by atoms with Gasteiger partial charge in [-0.25, -0.2) is 0 Å². The smallest absolute Gasteiger partial charge is 0.0867 e. The zero-order valence-electron chi connectivity index (χ0n) is 8.58. The monoisotopic (exact) mass is 213 g/mol. The number of hydrogen-bond acceptors (Lipinski definition) is 3. The molecule has 0 aliphatic rings. The van der Waals surface area contributed by atoms with E-state index in [0.717, 1.165) is 5.69 Å². The second-order valence-electron chi connectivity index (χ2n) is 3.21. The molecule has 1 N–H and O–H groups in total. The topological polar surface area (TPSA) is 44.7 Å². The third-order valence-corrected chi connectivity index (χ3v) is 2.09. The molecule has 0 heterocycles. The fraction of sp³-hybridized carbons (Fsp3) is 0. The molecule has 0 saturated heterocycles. The Balaban J connectivity index is 2.16. The lowest BCUT2D eigenvalue weighted by molar-refractivity contribution is 0.979. The average molecular weight is 213 g/mol. The third kappa shape index (κ3) is 2.36. The summed E-state index contributed by atoms with van der Waals surface area (Å²) in [7, 11) is 0. The standard InChI is InChI=1S/C12H11N3O/c16-14-15(12-9-5-2-6-10-12)13-11-7-3-1-4-8-11/h1-10,13H. The van der Waals surface area contributed by atoms with Crippen molar-refractivity contribution in [1.29, 1.82) is 0 Å². The summed E-state index contributed by atoms with van der Waals surface area (Å²) in [6, 6.07) is 18.6.